The Morgan fingerprint density at radius 2 is 0.531 bits per heavy atom. The third-order valence-corrected chi connectivity index (χ3v) is 13.2. The second kappa shape index (κ2) is 18.2. The molecule has 8 rings (SSSR count). The molecule has 0 fully saturated rings. The van der Waals surface area contributed by atoms with Crippen LogP contribution >= 0.6 is 0 Å². The molecule has 0 aliphatic heterocycles. The maximum atomic E-state index is 3.73. The average Bonchev–Trinajstić information content (AvgIpc) is 3.22. The lowest BCUT2D eigenvalue weighted by atomic mass is 9.33. The fourth-order valence-corrected chi connectivity index (χ4v) is 11.0. The molecule has 8 aromatic rings. The zero-order chi connectivity index (χ0) is 45.4. The highest BCUT2D eigenvalue weighted by molar-refractivity contribution is 6.97. The first-order chi connectivity index (χ1) is 30.7. The molecule has 64 heavy (non-hydrogen) atoms. The van der Waals surface area contributed by atoms with E-state index in [0.29, 0.717) is 0 Å². The molecule has 0 bridgehead atoms. The van der Waals surface area contributed by atoms with Gasteiger partial charge in [0.25, 0.3) is 0 Å². The summed E-state index contributed by atoms with van der Waals surface area (Å²) in [6.45, 7) is 27.0. The van der Waals surface area contributed by atoms with E-state index in [9.17, 15) is 0 Å². The summed E-state index contributed by atoms with van der Waals surface area (Å²) in [4.78, 5) is 0. The summed E-state index contributed by atoms with van der Waals surface area (Å²) in [6, 6.07) is 49.1. The van der Waals surface area contributed by atoms with E-state index < -0.39 is 0 Å². The van der Waals surface area contributed by atoms with Crippen molar-refractivity contribution in [1.29, 1.82) is 0 Å². The molecule has 0 aromatic heterocycles. The molecule has 0 saturated heterocycles. The highest BCUT2D eigenvalue weighted by atomic mass is 14.2. The molecule has 8 aromatic carbocycles. The minimum absolute atomic E-state index is 0.0320. The van der Waals surface area contributed by atoms with Crippen molar-refractivity contribution in [3.63, 3.8) is 0 Å². The van der Waals surface area contributed by atoms with Crippen molar-refractivity contribution in [2.75, 3.05) is 0 Å². The predicted octanol–water partition coefficient (Wildman–Crippen LogP) is 10.4. The van der Waals surface area contributed by atoms with Crippen LogP contribution in [0.5, 0.6) is 0 Å². The topological polar surface area (TPSA) is 0 Å². The van der Waals surface area contributed by atoms with Gasteiger partial charge in [0.2, 0.25) is 13.4 Å². The van der Waals surface area contributed by atoms with Crippen molar-refractivity contribution in [2.45, 2.75) is 83.1 Å². The van der Waals surface area contributed by atoms with Crippen LogP contribution in [0.25, 0.3) is 10.8 Å². The van der Waals surface area contributed by atoms with E-state index in [2.05, 4.69) is 240 Å². The quantitative estimate of drug-likeness (QED) is 0.116. The first-order valence-corrected chi connectivity index (χ1v) is 22.7. The van der Waals surface area contributed by atoms with Crippen LogP contribution < -0.4 is 32.8 Å². The zero-order valence-electron chi connectivity index (χ0n) is 39.9. The highest BCUT2D eigenvalue weighted by Gasteiger charge is 2.31. The van der Waals surface area contributed by atoms with E-state index in [0.717, 1.165) is 33.0 Å². The minimum Gasteiger partial charge on any atom is -0.0657 e. The van der Waals surface area contributed by atoms with Crippen molar-refractivity contribution >= 4 is 57.0 Å². The van der Waals surface area contributed by atoms with Gasteiger partial charge in [0, 0.05) is 27.6 Å². The summed E-state index contributed by atoms with van der Waals surface area (Å²) in [5.41, 5.74) is 27.5. The second-order valence-electron chi connectivity index (χ2n) is 18.5. The molecule has 0 spiro atoms. The van der Waals surface area contributed by atoms with Gasteiger partial charge in [0.15, 0.2) is 0 Å². The van der Waals surface area contributed by atoms with Crippen molar-refractivity contribution in [3.05, 3.63) is 222 Å². The second-order valence-corrected chi connectivity index (χ2v) is 18.5. The van der Waals surface area contributed by atoms with Crippen LogP contribution in [0.4, 0.5) is 0 Å². The maximum absolute atomic E-state index is 3.73. The maximum Gasteiger partial charge on any atom is 0.244 e. The van der Waals surface area contributed by atoms with Gasteiger partial charge in [-0.1, -0.05) is 232 Å². The van der Waals surface area contributed by atoms with Crippen LogP contribution in [-0.2, 0) is 0 Å². The van der Waals surface area contributed by atoms with Crippen LogP contribution in [0.15, 0.2) is 133 Å². The first kappa shape index (κ1) is 43.9. The molecule has 0 saturated carbocycles. The van der Waals surface area contributed by atoms with Crippen LogP contribution in [0.2, 0.25) is 0 Å². The summed E-state index contributed by atoms with van der Waals surface area (Å²) < 4.78 is 0. The summed E-state index contributed by atoms with van der Waals surface area (Å²) >= 11 is 0. The molecule has 0 aliphatic carbocycles. The summed E-state index contributed by atoms with van der Waals surface area (Å²) in [6.07, 6.45) is 0. The number of hydrogen-bond donors (Lipinski definition) is 0. The Morgan fingerprint density at radius 1 is 0.281 bits per heavy atom. The lowest BCUT2D eigenvalue weighted by Gasteiger charge is -2.25. The molecule has 0 N–H and O–H groups in total. The number of rotatable bonds is 6. The van der Waals surface area contributed by atoms with Gasteiger partial charge in [-0.15, -0.1) is 0 Å². The minimum atomic E-state index is 0.0320. The van der Waals surface area contributed by atoms with E-state index in [1.807, 2.05) is 0 Å². The van der Waals surface area contributed by atoms with E-state index in [4.69, 9.17) is 0 Å². The van der Waals surface area contributed by atoms with Crippen LogP contribution in [0, 0.1) is 107 Å². The van der Waals surface area contributed by atoms with Crippen molar-refractivity contribution in [2.24, 2.45) is 0 Å². The van der Waals surface area contributed by atoms with Gasteiger partial charge in [-0.25, -0.2) is 0 Å². The molecular weight excluding hydrogens is 766 g/mol. The Kier molecular flexibility index (Phi) is 12.5. The zero-order valence-corrected chi connectivity index (χ0v) is 39.9. The third-order valence-electron chi connectivity index (χ3n) is 13.2. The SMILES string of the molecule is Cc1cc(C)c(B(c2ccccc2C#Cc2cccc3cccc(C#Cc4ccccc4B(c4c(C)cc(C)cc4C)c4c(C)cc(C)cc4C)c23)c2c(C)cc(C)cc2C)c(C)c1. The van der Waals surface area contributed by atoms with Gasteiger partial charge in [0.1, 0.15) is 0 Å². The molecular formula is C62H58B2. The summed E-state index contributed by atoms with van der Waals surface area (Å²) in [5.74, 6) is 14.9. The average molecular weight is 825 g/mol. The fourth-order valence-electron chi connectivity index (χ4n) is 11.0. The standard InChI is InChI=1S/C62H58B2/c1-39-31-43(5)59(44(6)32-39)63(60-45(7)33-40(2)34-46(60)8)56-25-15-13-19-51(56)27-29-54-23-17-21-53-22-18-24-55(58(53)54)30-28-52-20-14-16-26-57(52)64(61-47(9)35-41(3)36-48(61)10)62-49(11)37-42(4)38-50(62)12/h13-26,31-38H,1-12H3. The normalized spacial score (nSPS) is 10.9. The van der Waals surface area contributed by atoms with E-state index >= 15 is 0 Å². The molecule has 0 atom stereocenters. The lowest BCUT2D eigenvalue weighted by Crippen LogP contribution is -2.56. The largest absolute Gasteiger partial charge is 0.244 e. The van der Waals surface area contributed by atoms with Gasteiger partial charge >= 0.3 is 0 Å². The monoisotopic (exact) mass is 824 g/mol. The first-order valence-electron chi connectivity index (χ1n) is 22.7. The number of benzene rings is 8. The molecule has 0 radical (unpaired) electrons. The lowest BCUT2D eigenvalue weighted by molar-refractivity contribution is 1.34. The highest BCUT2D eigenvalue weighted by Crippen LogP contribution is 2.23. The molecule has 0 unspecified atom stereocenters. The van der Waals surface area contributed by atoms with Crippen LogP contribution in [-0.4, -0.2) is 13.4 Å². The van der Waals surface area contributed by atoms with Crippen molar-refractivity contribution in [3.8, 4) is 23.7 Å². The smallest absolute Gasteiger partial charge is 0.0657 e. The Hall–Kier alpha value is -6.73. The third kappa shape index (κ3) is 8.64. The van der Waals surface area contributed by atoms with Gasteiger partial charge in [-0.3, -0.25) is 0 Å². The van der Waals surface area contributed by atoms with Gasteiger partial charge in [-0.2, -0.15) is 0 Å². The fraction of sp³-hybridized carbons (Fsp3) is 0.194. The van der Waals surface area contributed by atoms with Gasteiger partial charge < -0.3 is 0 Å². The number of hydrogen-bond acceptors (Lipinski definition) is 0. The summed E-state index contributed by atoms with van der Waals surface area (Å²) in [5, 5.41) is 2.21. The number of aryl methyl sites for hydroxylation is 12. The Bertz CT molecular complexity index is 2840. The Labute approximate surface area is 384 Å². The van der Waals surface area contributed by atoms with E-state index in [1.165, 1.54) is 99.5 Å². The van der Waals surface area contributed by atoms with Crippen LogP contribution in [0.1, 0.15) is 89.0 Å². The van der Waals surface area contributed by atoms with Crippen LogP contribution in [0.3, 0.4) is 0 Å². The van der Waals surface area contributed by atoms with E-state index in [-0.39, 0.29) is 13.4 Å². The molecule has 312 valence electrons. The molecule has 0 heterocycles. The Morgan fingerprint density at radius 3 is 0.828 bits per heavy atom. The summed E-state index contributed by atoms with van der Waals surface area (Å²) in [7, 11) is 0. The van der Waals surface area contributed by atoms with Gasteiger partial charge in [0.05, 0.1) is 0 Å². The molecule has 0 aliphatic rings. The molecule has 0 nitrogen and oxygen atoms in total. The van der Waals surface area contributed by atoms with Crippen molar-refractivity contribution < 1.29 is 0 Å². The molecule has 2 heteroatoms. The molecule has 0 amide bonds. The predicted molar refractivity (Wildman–Crippen MR) is 281 cm³/mol. The van der Waals surface area contributed by atoms with Crippen molar-refractivity contribution in [1.82, 2.24) is 0 Å². The Balaban J connectivity index is 1.28. The number of fused-ring (bicyclic) bond motifs is 1. The van der Waals surface area contributed by atoms with Gasteiger partial charge in [-0.05, 0) is 113 Å². The van der Waals surface area contributed by atoms with E-state index in [1.54, 1.807) is 0 Å².